The molecule has 0 aromatic heterocycles. The Balaban J connectivity index is 2.31. The fourth-order valence-corrected chi connectivity index (χ4v) is 2.59. The van der Waals surface area contributed by atoms with E-state index in [0.29, 0.717) is 17.9 Å². The van der Waals surface area contributed by atoms with Crippen LogP contribution < -0.4 is 15.2 Å². The van der Waals surface area contributed by atoms with Crippen LogP contribution in [0.25, 0.3) is 0 Å². The molecule has 5 nitrogen and oxygen atoms in total. The van der Waals surface area contributed by atoms with Gasteiger partial charge in [-0.2, -0.15) is 0 Å². The van der Waals surface area contributed by atoms with E-state index >= 15 is 0 Å². The van der Waals surface area contributed by atoms with Crippen LogP contribution >= 0.6 is 0 Å². The third-order valence-corrected chi connectivity index (χ3v) is 3.30. The number of ether oxygens (including phenoxy) is 1. The number of benzene rings is 1. The minimum atomic E-state index is -3.36. The molecule has 2 rings (SSSR count). The Labute approximate surface area is 101 Å². The van der Waals surface area contributed by atoms with Crippen molar-refractivity contribution >= 4 is 15.7 Å². The molecule has 1 aliphatic heterocycles. The molecular formula is C11H16N2O3S. The predicted molar refractivity (Wildman–Crippen MR) is 66.4 cm³/mol. The van der Waals surface area contributed by atoms with E-state index in [1.165, 1.54) is 0 Å². The van der Waals surface area contributed by atoms with Crippen molar-refractivity contribution in [1.29, 1.82) is 0 Å². The molecule has 0 fully saturated rings. The summed E-state index contributed by atoms with van der Waals surface area (Å²) in [5.41, 5.74) is 7.06. The third-order valence-electron chi connectivity index (χ3n) is 2.34. The highest BCUT2D eigenvalue weighted by Gasteiger charge is 2.22. The van der Waals surface area contributed by atoms with Crippen LogP contribution in [0.1, 0.15) is 19.4 Å². The predicted octanol–water partition coefficient (Wildman–Crippen LogP) is 1.06. The number of hydrogen-bond donors (Lipinski definition) is 2. The molecule has 6 heteroatoms. The third kappa shape index (κ3) is 3.10. The highest BCUT2D eigenvalue weighted by atomic mass is 32.2. The number of nitrogens with two attached hydrogens (primary N) is 1. The molecule has 0 radical (unpaired) electrons. The maximum absolute atomic E-state index is 11.3. The molecule has 3 N–H and O–H groups in total. The zero-order valence-corrected chi connectivity index (χ0v) is 10.7. The Bertz CT molecular complexity index is 532. The largest absolute Gasteiger partial charge is 0.474 e. The Morgan fingerprint density at radius 2 is 2.18 bits per heavy atom. The standard InChI is InChI=1S/C11H16N2O3S/c1-11(2,12)6-8-3-4-10-9(5-8)13-17(14,15)7-16-10/h3-5,13H,6-7,12H2,1-2H3. The summed E-state index contributed by atoms with van der Waals surface area (Å²) in [6.07, 6.45) is 0.669. The first-order valence-corrected chi connectivity index (χ1v) is 6.96. The normalized spacial score (nSPS) is 17.8. The fraction of sp³-hybridized carbons (Fsp3) is 0.455. The number of nitrogens with one attached hydrogen (secondary N) is 1. The summed E-state index contributed by atoms with van der Waals surface area (Å²) in [4.78, 5) is 0. The number of fused-ring (bicyclic) bond motifs is 1. The molecular weight excluding hydrogens is 240 g/mol. The van der Waals surface area contributed by atoms with Gasteiger partial charge in [-0.15, -0.1) is 0 Å². The van der Waals surface area contributed by atoms with Crippen molar-refractivity contribution in [3.63, 3.8) is 0 Å². The van der Waals surface area contributed by atoms with Crippen molar-refractivity contribution in [3.8, 4) is 5.75 Å². The molecule has 0 aliphatic carbocycles. The van der Waals surface area contributed by atoms with Crippen LogP contribution in [0.3, 0.4) is 0 Å². The zero-order valence-electron chi connectivity index (χ0n) is 9.86. The Hall–Kier alpha value is -1.27. The van der Waals surface area contributed by atoms with Crippen LogP contribution in [0.4, 0.5) is 5.69 Å². The first kappa shape index (κ1) is 12.2. The van der Waals surface area contributed by atoms with Gasteiger partial charge in [0.25, 0.3) is 10.0 Å². The lowest BCUT2D eigenvalue weighted by Crippen LogP contribution is -2.34. The first-order chi connectivity index (χ1) is 7.75. The van der Waals surface area contributed by atoms with E-state index in [9.17, 15) is 8.42 Å². The molecule has 94 valence electrons. The lowest BCUT2D eigenvalue weighted by Gasteiger charge is -2.22. The lowest BCUT2D eigenvalue weighted by atomic mass is 9.96. The van der Waals surface area contributed by atoms with Crippen molar-refractivity contribution in [2.24, 2.45) is 5.73 Å². The quantitative estimate of drug-likeness (QED) is 0.829. The van der Waals surface area contributed by atoms with Gasteiger partial charge in [-0.25, -0.2) is 8.42 Å². The monoisotopic (exact) mass is 256 g/mol. The molecule has 1 heterocycles. The topological polar surface area (TPSA) is 81.4 Å². The van der Waals surface area contributed by atoms with E-state index in [1.54, 1.807) is 12.1 Å². The number of anilines is 1. The van der Waals surface area contributed by atoms with Gasteiger partial charge in [-0.3, -0.25) is 4.72 Å². The van der Waals surface area contributed by atoms with Gasteiger partial charge < -0.3 is 10.5 Å². The van der Waals surface area contributed by atoms with Gasteiger partial charge in [0.1, 0.15) is 5.75 Å². The molecule has 1 aliphatic rings. The van der Waals surface area contributed by atoms with Gasteiger partial charge in [0, 0.05) is 5.54 Å². The average Bonchev–Trinajstić information content (AvgIpc) is 2.12. The van der Waals surface area contributed by atoms with Crippen molar-refractivity contribution in [1.82, 2.24) is 0 Å². The summed E-state index contributed by atoms with van der Waals surface area (Å²) in [5.74, 6) is 0.222. The van der Waals surface area contributed by atoms with Crippen molar-refractivity contribution in [3.05, 3.63) is 23.8 Å². The first-order valence-electron chi connectivity index (χ1n) is 5.30. The maximum atomic E-state index is 11.3. The molecule has 1 aromatic rings. The van der Waals surface area contributed by atoms with Gasteiger partial charge in [-0.05, 0) is 38.0 Å². The fourth-order valence-electron chi connectivity index (χ4n) is 1.76. The maximum Gasteiger partial charge on any atom is 0.268 e. The van der Waals surface area contributed by atoms with E-state index in [2.05, 4.69) is 4.72 Å². The van der Waals surface area contributed by atoms with Crippen LogP contribution in [-0.4, -0.2) is 19.9 Å². The lowest BCUT2D eigenvalue weighted by molar-refractivity contribution is 0.374. The second-order valence-corrected chi connectivity index (χ2v) is 6.64. The minimum absolute atomic E-state index is 0.331. The van der Waals surface area contributed by atoms with Gasteiger partial charge in [0.15, 0.2) is 0 Å². The van der Waals surface area contributed by atoms with E-state index in [4.69, 9.17) is 10.5 Å². The van der Waals surface area contributed by atoms with E-state index in [1.807, 2.05) is 19.9 Å². The summed E-state index contributed by atoms with van der Waals surface area (Å²) in [6, 6.07) is 5.42. The minimum Gasteiger partial charge on any atom is -0.474 e. The van der Waals surface area contributed by atoms with Gasteiger partial charge >= 0.3 is 0 Å². The highest BCUT2D eigenvalue weighted by Crippen LogP contribution is 2.31. The van der Waals surface area contributed by atoms with Crippen LogP contribution in [0.5, 0.6) is 5.75 Å². The summed E-state index contributed by atoms with van der Waals surface area (Å²) < 4.78 is 30.3. The summed E-state index contributed by atoms with van der Waals surface area (Å²) in [5, 5.41) is 0. The Kier molecular flexibility index (Phi) is 2.79. The van der Waals surface area contributed by atoms with Crippen molar-refractivity contribution in [2.75, 3.05) is 10.7 Å². The Morgan fingerprint density at radius 1 is 1.47 bits per heavy atom. The highest BCUT2D eigenvalue weighted by molar-refractivity contribution is 7.92. The molecule has 0 spiro atoms. The molecule has 1 aromatic carbocycles. The Morgan fingerprint density at radius 3 is 2.82 bits per heavy atom. The number of rotatable bonds is 2. The van der Waals surface area contributed by atoms with Crippen LogP contribution in [-0.2, 0) is 16.4 Å². The second kappa shape index (κ2) is 3.89. The van der Waals surface area contributed by atoms with Gasteiger partial charge in [0.05, 0.1) is 5.69 Å². The SMILES string of the molecule is CC(C)(N)Cc1ccc2c(c1)NS(=O)(=O)CO2. The van der Waals surface area contributed by atoms with Gasteiger partial charge in [-0.1, -0.05) is 6.07 Å². The molecule has 0 bridgehead atoms. The summed E-state index contributed by atoms with van der Waals surface area (Å²) in [7, 11) is -3.36. The van der Waals surface area contributed by atoms with Gasteiger partial charge in [0.2, 0.25) is 5.94 Å². The second-order valence-electron chi connectivity index (χ2n) is 4.97. The van der Waals surface area contributed by atoms with Crippen LogP contribution in [0.15, 0.2) is 18.2 Å². The van der Waals surface area contributed by atoms with Crippen LogP contribution in [0.2, 0.25) is 0 Å². The summed E-state index contributed by atoms with van der Waals surface area (Å²) >= 11 is 0. The summed E-state index contributed by atoms with van der Waals surface area (Å²) in [6.45, 7) is 3.85. The number of sulfonamides is 1. The van der Waals surface area contributed by atoms with Crippen molar-refractivity contribution < 1.29 is 13.2 Å². The molecule has 0 saturated heterocycles. The smallest absolute Gasteiger partial charge is 0.268 e. The zero-order chi connectivity index (χ0) is 12.7. The van der Waals surface area contributed by atoms with E-state index in [-0.39, 0.29) is 11.5 Å². The average molecular weight is 256 g/mol. The molecule has 0 saturated carbocycles. The van der Waals surface area contributed by atoms with E-state index < -0.39 is 10.0 Å². The molecule has 0 unspecified atom stereocenters. The van der Waals surface area contributed by atoms with E-state index in [0.717, 1.165) is 5.56 Å². The van der Waals surface area contributed by atoms with Crippen LogP contribution in [0, 0.1) is 0 Å². The number of hydrogen-bond acceptors (Lipinski definition) is 4. The molecule has 0 amide bonds. The molecule has 0 atom stereocenters. The van der Waals surface area contributed by atoms with Crippen molar-refractivity contribution in [2.45, 2.75) is 25.8 Å². The molecule has 17 heavy (non-hydrogen) atoms.